The quantitative estimate of drug-likeness (QED) is 0.563. The Kier molecular flexibility index (Phi) is 4.22. The van der Waals surface area contributed by atoms with Crippen molar-refractivity contribution in [2.75, 3.05) is 17.9 Å². The van der Waals surface area contributed by atoms with Crippen LogP contribution >= 0.6 is 0 Å². The normalized spacial score (nSPS) is 10.3. The maximum Gasteiger partial charge on any atom is 0.158 e. The Morgan fingerprint density at radius 1 is 1.26 bits per heavy atom. The number of hydrazine groups is 1. The molecule has 0 aliphatic heterocycles. The highest BCUT2D eigenvalue weighted by Crippen LogP contribution is 2.19. The second-order valence-corrected chi connectivity index (χ2v) is 3.74. The fourth-order valence-electron chi connectivity index (χ4n) is 1.53. The van der Waals surface area contributed by atoms with Crippen LogP contribution in [0.3, 0.4) is 0 Å². The van der Waals surface area contributed by atoms with Crippen LogP contribution in [0.1, 0.15) is 5.82 Å². The van der Waals surface area contributed by atoms with E-state index in [1.807, 2.05) is 0 Å². The lowest BCUT2D eigenvalue weighted by Crippen LogP contribution is -2.12. The number of aromatic nitrogens is 2. The molecule has 2 aromatic rings. The van der Waals surface area contributed by atoms with Crippen molar-refractivity contribution in [3.63, 3.8) is 0 Å². The van der Waals surface area contributed by atoms with Crippen molar-refractivity contribution in [3.05, 3.63) is 42.0 Å². The van der Waals surface area contributed by atoms with Crippen molar-refractivity contribution >= 4 is 17.3 Å². The molecule has 1 heterocycles. The van der Waals surface area contributed by atoms with E-state index in [1.165, 1.54) is 13.2 Å². The van der Waals surface area contributed by atoms with E-state index in [9.17, 15) is 4.39 Å². The van der Waals surface area contributed by atoms with E-state index >= 15 is 0 Å². The largest absolute Gasteiger partial charge is 0.377 e. The van der Waals surface area contributed by atoms with E-state index < -0.39 is 0 Å². The second-order valence-electron chi connectivity index (χ2n) is 3.74. The third-order valence-corrected chi connectivity index (χ3v) is 2.33. The first-order valence-corrected chi connectivity index (χ1v) is 5.58. The molecule has 0 aliphatic carbocycles. The lowest BCUT2D eigenvalue weighted by Gasteiger charge is -2.10. The smallest absolute Gasteiger partial charge is 0.158 e. The molecule has 0 saturated carbocycles. The maximum absolute atomic E-state index is 13.5. The molecular weight excluding hydrogens is 249 g/mol. The number of nitrogens with two attached hydrogens (primary N) is 1. The molecule has 0 spiro atoms. The SMILES string of the molecule is COCc1nc(NN)cc(Nc2ccccc2F)n1. The van der Waals surface area contributed by atoms with Gasteiger partial charge in [-0.05, 0) is 12.1 Å². The number of benzene rings is 1. The summed E-state index contributed by atoms with van der Waals surface area (Å²) in [5.41, 5.74) is 2.75. The van der Waals surface area contributed by atoms with Gasteiger partial charge in [0.25, 0.3) is 0 Å². The summed E-state index contributed by atoms with van der Waals surface area (Å²) in [7, 11) is 1.54. The number of hydrogen-bond donors (Lipinski definition) is 3. The van der Waals surface area contributed by atoms with E-state index in [2.05, 4.69) is 20.7 Å². The third kappa shape index (κ3) is 3.36. The lowest BCUT2D eigenvalue weighted by molar-refractivity contribution is 0.178. The predicted molar refractivity (Wildman–Crippen MR) is 70.2 cm³/mol. The van der Waals surface area contributed by atoms with Crippen LogP contribution in [0.4, 0.5) is 21.7 Å². The molecule has 1 aromatic heterocycles. The van der Waals surface area contributed by atoms with Gasteiger partial charge in [0, 0.05) is 13.2 Å². The number of hydrogen-bond acceptors (Lipinski definition) is 6. The molecule has 0 saturated heterocycles. The zero-order chi connectivity index (χ0) is 13.7. The van der Waals surface area contributed by atoms with Gasteiger partial charge in [0.2, 0.25) is 0 Å². The Bertz CT molecular complexity index is 564. The van der Waals surface area contributed by atoms with Gasteiger partial charge in [0.05, 0.1) is 5.69 Å². The van der Waals surface area contributed by atoms with Gasteiger partial charge in [-0.25, -0.2) is 20.2 Å². The van der Waals surface area contributed by atoms with E-state index in [4.69, 9.17) is 10.6 Å². The van der Waals surface area contributed by atoms with Crippen molar-refractivity contribution in [1.29, 1.82) is 0 Å². The van der Waals surface area contributed by atoms with Gasteiger partial charge in [-0.3, -0.25) is 0 Å². The van der Waals surface area contributed by atoms with Crippen LogP contribution in [-0.4, -0.2) is 17.1 Å². The molecule has 0 amide bonds. The van der Waals surface area contributed by atoms with E-state index in [0.29, 0.717) is 23.1 Å². The number of anilines is 3. The van der Waals surface area contributed by atoms with Crippen molar-refractivity contribution in [2.24, 2.45) is 5.84 Å². The zero-order valence-electron chi connectivity index (χ0n) is 10.4. The van der Waals surface area contributed by atoms with Crippen molar-refractivity contribution in [3.8, 4) is 0 Å². The number of nitrogens with one attached hydrogen (secondary N) is 2. The summed E-state index contributed by atoms with van der Waals surface area (Å²) in [6.45, 7) is 0.238. The van der Waals surface area contributed by atoms with Crippen LogP contribution in [0, 0.1) is 5.82 Å². The summed E-state index contributed by atoms with van der Waals surface area (Å²) >= 11 is 0. The monoisotopic (exact) mass is 263 g/mol. The highest BCUT2D eigenvalue weighted by atomic mass is 19.1. The summed E-state index contributed by atoms with van der Waals surface area (Å²) in [6, 6.07) is 7.89. The minimum Gasteiger partial charge on any atom is -0.377 e. The molecular formula is C12H14FN5O. The standard InChI is InChI=1S/C12H14FN5O/c1-19-7-12-16-10(6-11(17-12)18-14)15-9-5-3-2-4-8(9)13/h2-6H,7,14H2,1H3,(H2,15,16,17,18). The predicted octanol–water partition coefficient (Wildman–Crippen LogP) is 1.79. The molecule has 100 valence electrons. The average Bonchev–Trinajstić information content (AvgIpc) is 2.41. The molecule has 0 fully saturated rings. The van der Waals surface area contributed by atoms with Crippen molar-refractivity contribution < 1.29 is 9.13 Å². The number of rotatable bonds is 5. The first kappa shape index (κ1) is 13.2. The van der Waals surface area contributed by atoms with Gasteiger partial charge in [0.15, 0.2) is 5.82 Å². The first-order valence-electron chi connectivity index (χ1n) is 5.58. The molecule has 0 aliphatic rings. The minimum absolute atomic E-state index is 0.238. The minimum atomic E-state index is -0.364. The fourth-order valence-corrected chi connectivity index (χ4v) is 1.53. The molecule has 6 nitrogen and oxygen atoms in total. The van der Waals surface area contributed by atoms with E-state index in [1.54, 1.807) is 24.3 Å². The molecule has 7 heteroatoms. The van der Waals surface area contributed by atoms with Crippen molar-refractivity contribution in [2.45, 2.75) is 6.61 Å². The van der Waals surface area contributed by atoms with Crippen LogP contribution < -0.4 is 16.6 Å². The maximum atomic E-state index is 13.5. The topological polar surface area (TPSA) is 85.1 Å². The van der Waals surface area contributed by atoms with Crippen LogP contribution in [0.15, 0.2) is 30.3 Å². The summed E-state index contributed by atoms with van der Waals surface area (Å²) in [6.07, 6.45) is 0. The Morgan fingerprint density at radius 3 is 2.68 bits per heavy atom. The molecule has 0 radical (unpaired) electrons. The number of ether oxygens (including phenoxy) is 1. The Balaban J connectivity index is 2.29. The average molecular weight is 263 g/mol. The Labute approximate surface area is 109 Å². The summed E-state index contributed by atoms with van der Waals surface area (Å²) in [5.74, 6) is 6.25. The molecule has 4 N–H and O–H groups in total. The van der Waals surface area contributed by atoms with E-state index in [0.717, 1.165) is 0 Å². The van der Waals surface area contributed by atoms with Gasteiger partial charge in [-0.15, -0.1) is 0 Å². The van der Waals surface area contributed by atoms with Crippen LogP contribution in [0.5, 0.6) is 0 Å². The molecule has 2 rings (SSSR count). The van der Waals surface area contributed by atoms with Gasteiger partial charge < -0.3 is 15.5 Å². The van der Waals surface area contributed by atoms with Gasteiger partial charge >= 0.3 is 0 Å². The molecule has 1 aromatic carbocycles. The van der Waals surface area contributed by atoms with Gasteiger partial charge in [-0.2, -0.15) is 0 Å². The van der Waals surface area contributed by atoms with Crippen LogP contribution in [0.2, 0.25) is 0 Å². The third-order valence-electron chi connectivity index (χ3n) is 2.33. The molecule has 0 bridgehead atoms. The number of para-hydroxylation sites is 1. The second kappa shape index (κ2) is 6.07. The highest BCUT2D eigenvalue weighted by Gasteiger charge is 2.06. The Morgan fingerprint density at radius 2 is 2.00 bits per heavy atom. The summed E-state index contributed by atoms with van der Waals surface area (Å²) in [5, 5.41) is 2.87. The number of methoxy groups -OCH3 is 1. The van der Waals surface area contributed by atoms with E-state index in [-0.39, 0.29) is 12.4 Å². The highest BCUT2D eigenvalue weighted by molar-refractivity contribution is 5.59. The molecule has 0 atom stereocenters. The molecule has 19 heavy (non-hydrogen) atoms. The number of halogens is 1. The van der Waals surface area contributed by atoms with Crippen molar-refractivity contribution in [1.82, 2.24) is 9.97 Å². The van der Waals surface area contributed by atoms with Crippen LogP contribution in [-0.2, 0) is 11.3 Å². The summed E-state index contributed by atoms with van der Waals surface area (Å²) < 4.78 is 18.5. The fraction of sp³-hybridized carbons (Fsp3) is 0.167. The zero-order valence-corrected chi connectivity index (χ0v) is 10.4. The lowest BCUT2D eigenvalue weighted by atomic mass is 10.3. The van der Waals surface area contributed by atoms with Gasteiger partial charge in [-0.1, -0.05) is 12.1 Å². The molecule has 0 unspecified atom stereocenters. The summed E-state index contributed by atoms with van der Waals surface area (Å²) in [4.78, 5) is 8.30. The first-order chi connectivity index (χ1) is 9.22. The van der Waals surface area contributed by atoms with Crippen LogP contribution in [0.25, 0.3) is 0 Å². The number of nitrogen functional groups attached to an aromatic ring is 1. The van der Waals surface area contributed by atoms with Gasteiger partial charge in [0.1, 0.15) is 24.1 Å². The number of nitrogens with zero attached hydrogens (tertiary/aromatic N) is 2. The Hall–Kier alpha value is -2.25.